The minimum absolute atomic E-state index is 0.0102. The Morgan fingerprint density at radius 1 is 1.21 bits per heavy atom. The molecule has 1 saturated heterocycles. The van der Waals surface area contributed by atoms with Crippen molar-refractivity contribution in [1.29, 1.82) is 0 Å². The molecule has 0 saturated carbocycles. The topological polar surface area (TPSA) is 164 Å². The molecule has 4 rings (SSSR count). The molecule has 2 aliphatic heterocycles. The Morgan fingerprint density at radius 2 is 2.00 bits per heavy atom. The Labute approximate surface area is 246 Å². The number of piperidine rings is 1. The van der Waals surface area contributed by atoms with E-state index in [4.69, 9.17) is 9.47 Å². The van der Waals surface area contributed by atoms with Crippen LogP contribution in [0.5, 0.6) is 0 Å². The summed E-state index contributed by atoms with van der Waals surface area (Å²) in [7, 11) is 2.44. The van der Waals surface area contributed by atoms with Crippen LogP contribution in [0.1, 0.15) is 30.9 Å². The average molecular weight is 605 g/mol. The Kier molecular flexibility index (Phi) is 10.2. The number of urea groups is 2. The van der Waals surface area contributed by atoms with Gasteiger partial charge < -0.3 is 30.7 Å². The predicted molar refractivity (Wildman–Crippen MR) is 149 cm³/mol. The summed E-state index contributed by atoms with van der Waals surface area (Å²) in [4.78, 5) is 51.7. The number of rotatable bonds is 10. The van der Waals surface area contributed by atoms with Crippen molar-refractivity contribution in [2.75, 3.05) is 40.5 Å². The smallest absolute Gasteiger partial charge is 0.338 e. The zero-order valence-corrected chi connectivity index (χ0v) is 23.7. The Bertz CT molecular complexity index is 1350. The second-order valence-electron chi connectivity index (χ2n) is 10.3. The van der Waals surface area contributed by atoms with Crippen LogP contribution in [-0.4, -0.2) is 85.9 Å². The minimum Gasteiger partial charge on any atom is -0.466 e. The molecule has 0 bridgehead atoms. The van der Waals surface area contributed by atoms with Crippen molar-refractivity contribution < 1.29 is 37.6 Å². The van der Waals surface area contributed by atoms with Gasteiger partial charge in [0, 0.05) is 37.6 Å². The molecule has 2 heterocycles. The summed E-state index contributed by atoms with van der Waals surface area (Å²) < 4.78 is 38.0. The molecule has 1 aromatic carbocycles. The molecule has 0 aromatic heterocycles. The number of esters is 1. The summed E-state index contributed by atoms with van der Waals surface area (Å²) in [5.41, 5.74) is -1.46. The number of carbonyl (C=O) groups is 3. The minimum atomic E-state index is -1.45. The van der Waals surface area contributed by atoms with Gasteiger partial charge in [0.15, 0.2) is 11.6 Å². The molecule has 13 nitrogen and oxygen atoms in total. The highest BCUT2D eigenvalue weighted by molar-refractivity contribution is 6.01. The zero-order chi connectivity index (χ0) is 31.1. The van der Waals surface area contributed by atoms with Crippen LogP contribution in [0.15, 0.2) is 53.8 Å². The predicted octanol–water partition coefficient (Wildman–Crippen LogP) is 2.06. The van der Waals surface area contributed by atoms with Gasteiger partial charge >= 0.3 is 18.0 Å². The number of nitro groups is 1. The van der Waals surface area contributed by atoms with Crippen molar-refractivity contribution in [3.8, 4) is 0 Å². The van der Waals surface area contributed by atoms with Crippen LogP contribution in [0, 0.1) is 21.7 Å². The molecule has 4 amide bonds. The van der Waals surface area contributed by atoms with E-state index in [0.29, 0.717) is 24.3 Å². The molecule has 0 radical (unpaired) electrons. The largest absolute Gasteiger partial charge is 0.466 e. The van der Waals surface area contributed by atoms with E-state index in [9.17, 15) is 33.3 Å². The molecule has 232 valence electrons. The van der Waals surface area contributed by atoms with E-state index in [2.05, 4.69) is 21.3 Å². The number of imide groups is 1. The third-order valence-electron chi connectivity index (χ3n) is 7.76. The quantitative estimate of drug-likeness (QED) is 0.135. The van der Waals surface area contributed by atoms with E-state index in [0.717, 1.165) is 19.2 Å². The van der Waals surface area contributed by atoms with Gasteiger partial charge in [-0.25, -0.2) is 28.1 Å². The molecule has 0 spiro atoms. The maximum Gasteiger partial charge on any atom is 0.338 e. The molecule has 15 heteroatoms. The van der Waals surface area contributed by atoms with Crippen LogP contribution in [0.4, 0.5) is 18.4 Å². The first-order chi connectivity index (χ1) is 20.6. The lowest BCUT2D eigenvalue weighted by Crippen LogP contribution is -2.60. The fraction of sp³-hybridized carbons (Fsp3) is 0.464. The Balaban J connectivity index is 1.46. The van der Waals surface area contributed by atoms with Gasteiger partial charge in [-0.15, -0.1) is 0 Å². The van der Waals surface area contributed by atoms with E-state index < -0.39 is 47.3 Å². The van der Waals surface area contributed by atoms with E-state index in [1.807, 2.05) is 0 Å². The van der Waals surface area contributed by atoms with Gasteiger partial charge in [-0.05, 0) is 43.2 Å². The van der Waals surface area contributed by atoms with Gasteiger partial charge in [0.1, 0.15) is 6.04 Å². The Morgan fingerprint density at radius 3 is 2.65 bits per heavy atom. The summed E-state index contributed by atoms with van der Waals surface area (Å²) >= 11 is 0. The number of benzene rings is 1. The van der Waals surface area contributed by atoms with E-state index >= 15 is 0 Å². The second kappa shape index (κ2) is 13.8. The lowest BCUT2D eigenvalue weighted by molar-refractivity contribution is -0.560. The molecule has 4 N–H and O–H groups in total. The monoisotopic (exact) mass is 604 g/mol. The lowest BCUT2D eigenvalue weighted by atomic mass is 9.79. The van der Waals surface area contributed by atoms with E-state index in [1.165, 1.54) is 13.2 Å². The molecule has 1 aromatic rings. The van der Waals surface area contributed by atoms with Crippen molar-refractivity contribution >= 4 is 18.0 Å². The number of methoxy groups -OCH3 is 2. The van der Waals surface area contributed by atoms with Crippen LogP contribution >= 0.6 is 0 Å². The standard InChI is InChI=1S/C28H34F2N6O7/c1-42-16-21-23(25(37)43-2)24(17-6-7-19(29)20(30)14-17)35(27(39)34-21)26(38)33-13-12-31-18-8-11-32-22(15-18)28(36(40)41)9-4-3-5-10-28/h3-7,9,14,18,22,24,31-32H,8,10-13,15-16H2,1-2H3,(H,33,38)(H,34,39). The van der Waals surface area contributed by atoms with Crippen LogP contribution in [0.2, 0.25) is 0 Å². The van der Waals surface area contributed by atoms with Gasteiger partial charge in [-0.3, -0.25) is 10.1 Å². The fourth-order valence-electron chi connectivity index (χ4n) is 5.64. The molecule has 3 aliphatic rings. The number of hydrogen-bond acceptors (Lipinski definition) is 9. The molecular formula is C28H34F2N6O7. The fourth-order valence-corrected chi connectivity index (χ4v) is 5.64. The Hall–Kier alpha value is -4.21. The number of hydrogen-bond donors (Lipinski definition) is 4. The number of nitrogens with zero attached hydrogens (tertiary/aromatic N) is 2. The van der Waals surface area contributed by atoms with Crippen LogP contribution in [0.25, 0.3) is 0 Å². The maximum atomic E-state index is 14.2. The molecule has 1 fully saturated rings. The van der Waals surface area contributed by atoms with Gasteiger partial charge in [0.25, 0.3) is 5.54 Å². The second-order valence-corrected chi connectivity index (χ2v) is 10.3. The van der Waals surface area contributed by atoms with E-state index in [-0.39, 0.29) is 53.9 Å². The highest BCUT2D eigenvalue weighted by atomic mass is 19.2. The molecule has 4 atom stereocenters. The van der Waals surface area contributed by atoms with Crippen molar-refractivity contribution in [2.24, 2.45) is 0 Å². The van der Waals surface area contributed by atoms with Crippen LogP contribution in [-0.2, 0) is 14.3 Å². The maximum absolute atomic E-state index is 14.2. The molecule has 4 unspecified atom stereocenters. The van der Waals surface area contributed by atoms with Crippen LogP contribution in [0.3, 0.4) is 0 Å². The highest BCUT2D eigenvalue weighted by Gasteiger charge is 2.49. The number of nitrogens with one attached hydrogen (secondary N) is 4. The summed E-state index contributed by atoms with van der Waals surface area (Å²) in [5, 5.41) is 23.6. The lowest BCUT2D eigenvalue weighted by Gasteiger charge is -2.38. The third kappa shape index (κ3) is 6.73. The normalized spacial score (nSPS) is 25.3. The third-order valence-corrected chi connectivity index (χ3v) is 7.76. The number of halogens is 2. The number of allylic oxidation sites excluding steroid dienone is 2. The van der Waals surface area contributed by atoms with Gasteiger partial charge in [-0.1, -0.05) is 24.3 Å². The zero-order valence-electron chi connectivity index (χ0n) is 23.7. The van der Waals surface area contributed by atoms with Gasteiger partial charge in [0.05, 0.1) is 31.0 Å². The molecule has 43 heavy (non-hydrogen) atoms. The van der Waals surface area contributed by atoms with E-state index in [1.54, 1.807) is 24.3 Å². The van der Waals surface area contributed by atoms with Gasteiger partial charge in [-0.2, -0.15) is 0 Å². The van der Waals surface area contributed by atoms with Crippen molar-refractivity contribution in [3.63, 3.8) is 0 Å². The summed E-state index contributed by atoms with van der Waals surface area (Å²) in [6, 6.07) is -0.939. The number of amides is 4. The van der Waals surface area contributed by atoms with Crippen molar-refractivity contribution in [2.45, 2.75) is 42.9 Å². The molecule has 1 aliphatic carbocycles. The summed E-state index contributed by atoms with van der Waals surface area (Å²) in [5.74, 6) is -3.28. The first-order valence-electron chi connectivity index (χ1n) is 13.7. The highest BCUT2D eigenvalue weighted by Crippen LogP contribution is 2.35. The van der Waals surface area contributed by atoms with Crippen LogP contribution < -0.4 is 21.3 Å². The first-order valence-corrected chi connectivity index (χ1v) is 13.7. The SMILES string of the molecule is COCC1=C(C(=O)OC)C(c2ccc(F)c(F)c2)N(C(=O)NCCNC2CCNC(C3([N+](=O)[O-])C=CC=CC3)C2)C(=O)N1. The van der Waals surface area contributed by atoms with Gasteiger partial charge in [0.2, 0.25) is 0 Å². The van der Waals surface area contributed by atoms with Crippen molar-refractivity contribution in [1.82, 2.24) is 26.2 Å². The summed E-state index contributed by atoms with van der Waals surface area (Å²) in [6.45, 7) is 0.659. The first kappa shape index (κ1) is 31.7. The summed E-state index contributed by atoms with van der Waals surface area (Å²) in [6.07, 6.45) is 8.34. The molecular weight excluding hydrogens is 570 g/mol. The average Bonchev–Trinajstić information content (AvgIpc) is 3.00. The van der Waals surface area contributed by atoms with Crippen molar-refractivity contribution in [3.05, 3.63) is 81.1 Å². The number of carbonyl (C=O) groups excluding carboxylic acids is 3. The number of ether oxygens (including phenoxy) is 2.